The second kappa shape index (κ2) is 4.13. The van der Waals surface area contributed by atoms with Gasteiger partial charge in [0.2, 0.25) is 0 Å². The molecular formula is C10H10ClF3N2. The van der Waals surface area contributed by atoms with Crippen molar-refractivity contribution in [2.24, 2.45) is 0 Å². The first-order valence-electron chi connectivity index (χ1n) is 4.89. The number of nitrogens with one attached hydrogen (secondary N) is 1. The van der Waals surface area contributed by atoms with Crippen molar-refractivity contribution in [3.63, 3.8) is 0 Å². The molecule has 0 bridgehead atoms. The molecule has 0 saturated heterocycles. The fourth-order valence-electron chi connectivity index (χ4n) is 1.56. The number of rotatable bonds is 2. The zero-order chi connectivity index (χ0) is 11.8. The van der Waals surface area contributed by atoms with Gasteiger partial charge in [-0.25, -0.2) is 4.98 Å². The summed E-state index contributed by atoms with van der Waals surface area (Å²) in [6.45, 7) is 0. The zero-order valence-electron chi connectivity index (χ0n) is 8.26. The van der Waals surface area contributed by atoms with Crippen LogP contribution in [0.3, 0.4) is 0 Å². The second-order valence-electron chi connectivity index (χ2n) is 3.84. The molecule has 0 radical (unpaired) electrons. The van der Waals surface area contributed by atoms with Crippen LogP contribution in [-0.2, 0) is 6.18 Å². The highest BCUT2D eigenvalue weighted by Gasteiger charge is 2.32. The Kier molecular flexibility index (Phi) is 2.97. The van der Waals surface area contributed by atoms with Gasteiger partial charge in [0.1, 0.15) is 5.82 Å². The van der Waals surface area contributed by atoms with Gasteiger partial charge in [0.15, 0.2) is 0 Å². The van der Waals surface area contributed by atoms with Crippen LogP contribution in [-0.4, -0.2) is 16.4 Å². The van der Waals surface area contributed by atoms with Crippen molar-refractivity contribution in [2.45, 2.75) is 30.4 Å². The Hall–Kier alpha value is -0.970. The minimum Gasteiger partial charge on any atom is -0.367 e. The summed E-state index contributed by atoms with van der Waals surface area (Å²) >= 11 is 5.77. The van der Waals surface area contributed by atoms with E-state index in [-0.39, 0.29) is 17.2 Å². The number of nitrogens with zero attached hydrogens (tertiary/aromatic N) is 1. The van der Waals surface area contributed by atoms with Crippen molar-refractivity contribution in [1.29, 1.82) is 0 Å². The summed E-state index contributed by atoms with van der Waals surface area (Å²) in [5.41, 5.74) is -0.688. The lowest BCUT2D eigenvalue weighted by Crippen LogP contribution is -2.36. The number of hydrogen-bond donors (Lipinski definition) is 1. The average Bonchev–Trinajstić information content (AvgIpc) is 2.14. The summed E-state index contributed by atoms with van der Waals surface area (Å²) in [6.07, 6.45) is -1.64. The molecule has 0 spiro atoms. The predicted octanol–water partition coefficient (Wildman–Crippen LogP) is 3.28. The summed E-state index contributed by atoms with van der Waals surface area (Å²) in [6, 6.07) is 2.11. The molecule has 2 nitrogen and oxygen atoms in total. The van der Waals surface area contributed by atoms with Gasteiger partial charge in [-0.15, -0.1) is 11.6 Å². The summed E-state index contributed by atoms with van der Waals surface area (Å²) in [7, 11) is 0. The molecule has 1 fully saturated rings. The van der Waals surface area contributed by atoms with Gasteiger partial charge in [-0.1, -0.05) is 0 Å². The van der Waals surface area contributed by atoms with E-state index in [0.29, 0.717) is 0 Å². The van der Waals surface area contributed by atoms with E-state index < -0.39 is 11.7 Å². The van der Waals surface area contributed by atoms with E-state index in [1.165, 1.54) is 0 Å². The molecule has 0 amide bonds. The Labute approximate surface area is 95.8 Å². The molecule has 1 aliphatic rings. The van der Waals surface area contributed by atoms with Crippen molar-refractivity contribution in [2.75, 3.05) is 5.32 Å². The van der Waals surface area contributed by atoms with E-state index in [9.17, 15) is 13.2 Å². The molecule has 1 saturated carbocycles. The van der Waals surface area contributed by atoms with Gasteiger partial charge in [-0.3, -0.25) is 0 Å². The van der Waals surface area contributed by atoms with E-state index in [0.717, 1.165) is 31.2 Å². The Morgan fingerprint density at radius 1 is 1.38 bits per heavy atom. The Morgan fingerprint density at radius 2 is 2.06 bits per heavy atom. The Balaban J connectivity index is 2.05. The summed E-state index contributed by atoms with van der Waals surface area (Å²) in [4.78, 5) is 3.85. The number of pyridine rings is 1. The molecule has 0 atom stereocenters. The molecule has 16 heavy (non-hydrogen) atoms. The number of hydrogen-bond acceptors (Lipinski definition) is 2. The standard InChI is InChI=1S/C10H10ClF3N2/c11-7-4-8(5-7)16-9-3-6(1-2-15-9)10(12,13)14/h1-3,7-8H,4-5H2,(H,15,16). The van der Waals surface area contributed by atoms with E-state index >= 15 is 0 Å². The van der Waals surface area contributed by atoms with Gasteiger partial charge >= 0.3 is 6.18 Å². The summed E-state index contributed by atoms with van der Waals surface area (Å²) < 4.78 is 37.2. The highest BCUT2D eigenvalue weighted by atomic mass is 35.5. The summed E-state index contributed by atoms with van der Waals surface area (Å²) in [5, 5.41) is 3.05. The van der Waals surface area contributed by atoms with Crippen LogP contribution in [0.25, 0.3) is 0 Å². The number of anilines is 1. The van der Waals surface area contributed by atoms with E-state index in [1.54, 1.807) is 0 Å². The first kappa shape index (κ1) is 11.5. The lowest BCUT2D eigenvalue weighted by atomic mass is 9.92. The topological polar surface area (TPSA) is 24.9 Å². The number of alkyl halides is 4. The molecule has 0 unspecified atom stereocenters. The number of aromatic nitrogens is 1. The maximum absolute atomic E-state index is 12.4. The van der Waals surface area contributed by atoms with Gasteiger partial charge in [-0.05, 0) is 25.0 Å². The lowest BCUT2D eigenvalue weighted by Gasteiger charge is -2.32. The second-order valence-corrected chi connectivity index (χ2v) is 4.45. The highest BCUT2D eigenvalue weighted by molar-refractivity contribution is 6.21. The molecule has 1 aromatic rings. The Morgan fingerprint density at radius 3 is 2.62 bits per heavy atom. The molecule has 0 aromatic carbocycles. The molecule has 88 valence electrons. The van der Waals surface area contributed by atoms with E-state index in [1.807, 2.05) is 0 Å². The SMILES string of the molecule is FC(F)(F)c1ccnc(NC2CC(Cl)C2)c1. The molecule has 0 aliphatic heterocycles. The van der Waals surface area contributed by atoms with Crippen LogP contribution in [0.5, 0.6) is 0 Å². The molecular weight excluding hydrogens is 241 g/mol. The van der Waals surface area contributed by atoms with Crippen LogP contribution in [0.2, 0.25) is 0 Å². The lowest BCUT2D eigenvalue weighted by molar-refractivity contribution is -0.137. The number of halogens is 4. The largest absolute Gasteiger partial charge is 0.416 e. The van der Waals surface area contributed by atoms with Crippen molar-refractivity contribution in [3.8, 4) is 0 Å². The van der Waals surface area contributed by atoms with Crippen molar-refractivity contribution in [1.82, 2.24) is 4.98 Å². The minimum atomic E-state index is -4.33. The van der Waals surface area contributed by atoms with Crippen LogP contribution in [0.15, 0.2) is 18.3 Å². The van der Waals surface area contributed by atoms with Gasteiger partial charge < -0.3 is 5.32 Å². The van der Waals surface area contributed by atoms with Gasteiger partial charge in [-0.2, -0.15) is 13.2 Å². The van der Waals surface area contributed by atoms with Crippen molar-refractivity contribution in [3.05, 3.63) is 23.9 Å². The third-order valence-corrected chi connectivity index (χ3v) is 2.88. The van der Waals surface area contributed by atoms with Crippen LogP contribution in [0.1, 0.15) is 18.4 Å². The molecule has 1 N–H and O–H groups in total. The predicted molar refractivity (Wildman–Crippen MR) is 55.5 cm³/mol. The van der Waals surface area contributed by atoms with Crippen LogP contribution in [0.4, 0.5) is 19.0 Å². The van der Waals surface area contributed by atoms with Crippen LogP contribution >= 0.6 is 11.6 Å². The quantitative estimate of drug-likeness (QED) is 0.815. The third-order valence-electron chi connectivity index (χ3n) is 2.52. The zero-order valence-corrected chi connectivity index (χ0v) is 9.02. The van der Waals surface area contributed by atoms with Crippen LogP contribution < -0.4 is 5.32 Å². The van der Waals surface area contributed by atoms with Gasteiger partial charge in [0, 0.05) is 17.6 Å². The molecule has 6 heteroatoms. The molecule has 1 aromatic heterocycles. The normalized spacial score (nSPS) is 25.0. The van der Waals surface area contributed by atoms with Gasteiger partial charge in [0.25, 0.3) is 0 Å². The van der Waals surface area contributed by atoms with Crippen LogP contribution in [0, 0.1) is 0 Å². The smallest absolute Gasteiger partial charge is 0.367 e. The fourth-order valence-corrected chi connectivity index (χ4v) is 1.99. The Bertz CT molecular complexity index is 375. The maximum Gasteiger partial charge on any atom is 0.416 e. The van der Waals surface area contributed by atoms with Crippen molar-refractivity contribution >= 4 is 17.4 Å². The highest BCUT2D eigenvalue weighted by Crippen LogP contribution is 2.32. The molecule has 1 heterocycles. The van der Waals surface area contributed by atoms with Gasteiger partial charge in [0.05, 0.1) is 5.56 Å². The van der Waals surface area contributed by atoms with E-state index in [4.69, 9.17) is 11.6 Å². The van der Waals surface area contributed by atoms with Crippen molar-refractivity contribution < 1.29 is 13.2 Å². The molecule has 2 rings (SSSR count). The first-order chi connectivity index (χ1) is 7.45. The minimum absolute atomic E-state index is 0.128. The van der Waals surface area contributed by atoms with E-state index in [2.05, 4.69) is 10.3 Å². The molecule has 1 aliphatic carbocycles. The summed E-state index contributed by atoms with van der Waals surface area (Å²) in [5.74, 6) is 0.253. The monoisotopic (exact) mass is 250 g/mol. The third kappa shape index (κ3) is 2.58. The average molecular weight is 251 g/mol. The first-order valence-corrected chi connectivity index (χ1v) is 5.32. The fraction of sp³-hybridized carbons (Fsp3) is 0.500. The maximum atomic E-state index is 12.4.